The fourth-order valence-corrected chi connectivity index (χ4v) is 5.12. The number of aromatic nitrogens is 1. The van der Waals surface area contributed by atoms with Gasteiger partial charge in [0.05, 0.1) is 41.2 Å². The number of carboxylic acids is 1. The number of aliphatic carboxylic acids is 1. The maximum atomic E-state index is 12.1. The number of methoxy groups -OCH3 is 1. The van der Waals surface area contributed by atoms with E-state index < -0.39 is 18.0 Å². The lowest BCUT2D eigenvalue weighted by Crippen LogP contribution is -2.44. The fourth-order valence-electron chi connectivity index (χ4n) is 4.78. The van der Waals surface area contributed by atoms with Crippen molar-refractivity contribution in [1.82, 2.24) is 9.88 Å². The number of pyridine rings is 1. The standard InChI is InChI=1S/C28H28Cl2N2O4/c1-36-20-8-9-25-22(16-20)21(11-13-31-25)26(33)10-7-18-12-15-32(17-23(18)28(34)35)14-3-5-19-4-2-6-24(29)27(19)30/h2,4,6,8-9,11,13,16,18,23,26,33H,7,10,12,14-15,17H2,1H3,(H,34,35)/t18-,23+,26?/m1/s1. The van der Waals surface area contributed by atoms with Crippen LogP contribution < -0.4 is 4.74 Å². The van der Waals surface area contributed by atoms with Gasteiger partial charge in [0, 0.05) is 23.7 Å². The zero-order valence-electron chi connectivity index (χ0n) is 20.0. The summed E-state index contributed by atoms with van der Waals surface area (Å²) in [6.45, 7) is 1.62. The minimum atomic E-state index is -0.816. The highest BCUT2D eigenvalue weighted by molar-refractivity contribution is 6.42. The van der Waals surface area contributed by atoms with Crippen molar-refractivity contribution in [2.45, 2.75) is 25.4 Å². The number of aliphatic hydroxyl groups excluding tert-OH is 1. The van der Waals surface area contributed by atoms with E-state index in [2.05, 4.69) is 21.7 Å². The third-order valence-corrected chi connectivity index (χ3v) is 7.61. The van der Waals surface area contributed by atoms with Gasteiger partial charge in [0.2, 0.25) is 0 Å². The topological polar surface area (TPSA) is 82.9 Å². The van der Waals surface area contributed by atoms with E-state index in [1.165, 1.54) is 0 Å². The van der Waals surface area contributed by atoms with Gasteiger partial charge in [0.1, 0.15) is 5.75 Å². The van der Waals surface area contributed by atoms with Gasteiger partial charge in [-0.15, -0.1) is 0 Å². The molecule has 6 nitrogen and oxygen atoms in total. The summed E-state index contributed by atoms with van der Waals surface area (Å²) in [5.74, 6) is 5.47. The fraction of sp³-hybridized carbons (Fsp3) is 0.357. The van der Waals surface area contributed by atoms with Gasteiger partial charge in [0.25, 0.3) is 0 Å². The Morgan fingerprint density at radius 2 is 2.11 bits per heavy atom. The van der Waals surface area contributed by atoms with E-state index in [4.69, 9.17) is 27.9 Å². The molecular weight excluding hydrogens is 499 g/mol. The second-order valence-electron chi connectivity index (χ2n) is 9.01. The Kier molecular flexibility index (Phi) is 8.71. The van der Waals surface area contributed by atoms with Gasteiger partial charge >= 0.3 is 5.97 Å². The van der Waals surface area contributed by atoms with Gasteiger partial charge in [-0.25, -0.2) is 0 Å². The van der Waals surface area contributed by atoms with E-state index in [1.807, 2.05) is 24.3 Å². The molecule has 1 unspecified atom stereocenters. The van der Waals surface area contributed by atoms with E-state index in [-0.39, 0.29) is 5.92 Å². The van der Waals surface area contributed by atoms with Crippen molar-refractivity contribution in [3.63, 3.8) is 0 Å². The minimum Gasteiger partial charge on any atom is -0.497 e. The van der Waals surface area contributed by atoms with E-state index in [1.54, 1.807) is 31.5 Å². The summed E-state index contributed by atoms with van der Waals surface area (Å²) in [5.41, 5.74) is 2.21. The minimum absolute atomic E-state index is 0.0219. The Labute approximate surface area is 220 Å². The SMILES string of the molecule is COc1ccc2nccc(C(O)CC[C@@H]3CCN(CC#Cc4cccc(Cl)c4Cl)C[C@@H]3C(=O)O)c2c1. The molecule has 4 rings (SSSR count). The van der Waals surface area contributed by atoms with Crippen LogP contribution in [-0.4, -0.2) is 52.8 Å². The number of rotatable bonds is 7. The zero-order chi connectivity index (χ0) is 25.7. The van der Waals surface area contributed by atoms with Gasteiger partial charge in [0.15, 0.2) is 0 Å². The molecule has 0 amide bonds. The second-order valence-corrected chi connectivity index (χ2v) is 9.79. The van der Waals surface area contributed by atoms with E-state index in [0.717, 1.165) is 29.4 Å². The smallest absolute Gasteiger partial charge is 0.308 e. The summed E-state index contributed by atoms with van der Waals surface area (Å²) in [6, 6.07) is 12.7. The number of hydrogen-bond acceptors (Lipinski definition) is 5. The predicted molar refractivity (Wildman–Crippen MR) is 142 cm³/mol. The number of carboxylic acid groups (broad SMARTS) is 1. The summed E-state index contributed by atoms with van der Waals surface area (Å²) in [5, 5.41) is 22.6. The van der Waals surface area contributed by atoms with Crippen molar-refractivity contribution in [2.75, 3.05) is 26.7 Å². The zero-order valence-corrected chi connectivity index (χ0v) is 21.5. The third-order valence-electron chi connectivity index (χ3n) is 6.79. The highest BCUT2D eigenvalue weighted by Crippen LogP contribution is 2.33. The number of ether oxygens (including phenoxy) is 1. The largest absolute Gasteiger partial charge is 0.497 e. The van der Waals surface area contributed by atoms with Gasteiger partial charge in [-0.05, 0) is 73.7 Å². The Bertz CT molecular complexity index is 1300. The summed E-state index contributed by atoms with van der Waals surface area (Å²) in [7, 11) is 1.60. The van der Waals surface area contributed by atoms with Crippen molar-refractivity contribution >= 4 is 40.1 Å². The first-order valence-corrected chi connectivity index (χ1v) is 12.6. The van der Waals surface area contributed by atoms with Crippen molar-refractivity contribution in [3.8, 4) is 17.6 Å². The quantitative estimate of drug-likeness (QED) is 0.399. The molecule has 0 bridgehead atoms. The Morgan fingerprint density at radius 3 is 2.89 bits per heavy atom. The molecule has 188 valence electrons. The normalized spacial score (nSPS) is 18.9. The summed E-state index contributed by atoms with van der Waals surface area (Å²) >= 11 is 12.2. The van der Waals surface area contributed by atoms with Crippen LogP contribution in [0.25, 0.3) is 10.9 Å². The van der Waals surface area contributed by atoms with E-state index in [9.17, 15) is 15.0 Å². The average molecular weight is 527 g/mol. The first-order chi connectivity index (χ1) is 17.4. The maximum absolute atomic E-state index is 12.1. The number of fused-ring (bicyclic) bond motifs is 1. The Morgan fingerprint density at radius 1 is 1.28 bits per heavy atom. The van der Waals surface area contributed by atoms with Crippen LogP contribution in [0.2, 0.25) is 10.0 Å². The molecule has 2 aromatic carbocycles. The molecule has 0 spiro atoms. The molecule has 0 aliphatic carbocycles. The van der Waals surface area contributed by atoms with Crippen LogP contribution in [0.15, 0.2) is 48.7 Å². The van der Waals surface area contributed by atoms with Crippen molar-refractivity contribution in [2.24, 2.45) is 11.8 Å². The molecule has 0 saturated carbocycles. The average Bonchev–Trinajstić information content (AvgIpc) is 2.89. The number of carbonyl (C=O) groups is 1. The number of benzene rings is 2. The Balaban J connectivity index is 1.38. The van der Waals surface area contributed by atoms with Crippen LogP contribution in [0.1, 0.15) is 36.5 Å². The molecule has 1 aromatic heterocycles. The molecular formula is C28H28Cl2N2O4. The lowest BCUT2D eigenvalue weighted by atomic mass is 9.81. The van der Waals surface area contributed by atoms with E-state index >= 15 is 0 Å². The van der Waals surface area contributed by atoms with Crippen LogP contribution in [0.4, 0.5) is 0 Å². The molecule has 1 aliphatic heterocycles. The summed E-state index contributed by atoms with van der Waals surface area (Å²) < 4.78 is 5.33. The molecule has 1 aliphatic rings. The molecule has 2 N–H and O–H groups in total. The van der Waals surface area contributed by atoms with Crippen molar-refractivity contribution < 1.29 is 19.7 Å². The second kappa shape index (κ2) is 11.9. The van der Waals surface area contributed by atoms with Crippen LogP contribution in [0.5, 0.6) is 5.75 Å². The lowest BCUT2D eigenvalue weighted by molar-refractivity contribution is -0.146. The van der Waals surface area contributed by atoms with Crippen LogP contribution in [0, 0.1) is 23.7 Å². The van der Waals surface area contributed by atoms with Crippen molar-refractivity contribution in [1.29, 1.82) is 0 Å². The van der Waals surface area contributed by atoms with Gasteiger partial charge in [-0.3, -0.25) is 14.7 Å². The molecule has 1 saturated heterocycles. The molecule has 3 aromatic rings. The first kappa shape index (κ1) is 26.2. The first-order valence-electron chi connectivity index (χ1n) is 11.9. The summed E-state index contributed by atoms with van der Waals surface area (Å²) in [4.78, 5) is 18.5. The molecule has 0 radical (unpaired) electrons. The molecule has 1 fully saturated rings. The molecule has 36 heavy (non-hydrogen) atoms. The highest BCUT2D eigenvalue weighted by Gasteiger charge is 2.34. The molecule has 2 heterocycles. The highest BCUT2D eigenvalue weighted by atomic mass is 35.5. The number of aliphatic hydroxyl groups is 1. The number of hydrogen-bond donors (Lipinski definition) is 2. The molecule has 3 atom stereocenters. The monoisotopic (exact) mass is 526 g/mol. The summed E-state index contributed by atoms with van der Waals surface area (Å²) in [6.07, 6.45) is 2.78. The number of piperidine rings is 1. The van der Waals surface area contributed by atoms with Crippen LogP contribution >= 0.6 is 23.2 Å². The predicted octanol–water partition coefficient (Wildman–Crippen LogP) is 5.44. The Hall–Kier alpha value is -2.82. The van der Waals surface area contributed by atoms with Crippen LogP contribution in [-0.2, 0) is 4.79 Å². The van der Waals surface area contributed by atoms with Crippen molar-refractivity contribution in [3.05, 3.63) is 69.8 Å². The van der Waals surface area contributed by atoms with Crippen LogP contribution in [0.3, 0.4) is 0 Å². The maximum Gasteiger partial charge on any atom is 0.308 e. The third kappa shape index (κ3) is 6.11. The van der Waals surface area contributed by atoms with E-state index in [0.29, 0.717) is 47.3 Å². The number of nitrogens with zero attached hydrogens (tertiary/aromatic N) is 2. The molecule has 8 heteroatoms. The van der Waals surface area contributed by atoms with Gasteiger partial charge < -0.3 is 14.9 Å². The van der Waals surface area contributed by atoms with Gasteiger partial charge in [-0.1, -0.05) is 41.1 Å². The lowest BCUT2D eigenvalue weighted by Gasteiger charge is -2.36. The number of halogens is 2. The van der Waals surface area contributed by atoms with Gasteiger partial charge in [-0.2, -0.15) is 0 Å². The number of likely N-dealkylation sites (tertiary alicyclic amines) is 1.